The molecule has 0 saturated carbocycles. The fourth-order valence-electron chi connectivity index (χ4n) is 2.03. The molecule has 1 aromatic heterocycles. The van der Waals surface area contributed by atoms with Gasteiger partial charge in [0.2, 0.25) is 0 Å². The van der Waals surface area contributed by atoms with E-state index in [4.69, 9.17) is 4.74 Å². The molecule has 2 rings (SSSR count). The SMILES string of the molecule is CCNC(C)c1cnc(-c2ccccc2COC)s1. The number of aromatic nitrogens is 1. The van der Waals surface area contributed by atoms with Crippen molar-refractivity contribution in [3.8, 4) is 10.6 Å². The first-order chi connectivity index (χ1) is 9.26. The first kappa shape index (κ1) is 14.2. The second-order valence-corrected chi connectivity index (χ2v) is 5.50. The Morgan fingerprint density at radius 3 is 2.89 bits per heavy atom. The lowest BCUT2D eigenvalue weighted by Gasteiger charge is -2.08. The number of hydrogen-bond donors (Lipinski definition) is 1. The predicted octanol–water partition coefficient (Wildman–Crippen LogP) is 3.63. The summed E-state index contributed by atoms with van der Waals surface area (Å²) in [7, 11) is 1.72. The smallest absolute Gasteiger partial charge is 0.123 e. The monoisotopic (exact) mass is 276 g/mol. The fraction of sp³-hybridized carbons (Fsp3) is 0.400. The van der Waals surface area contributed by atoms with Gasteiger partial charge in [-0.3, -0.25) is 0 Å². The van der Waals surface area contributed by atoms with Gasteiger partial charge in [0.25, 0.3) is 0 Å². The van der Waals surface area contributed by atoms with Crippen LogP contribution in [0.4, 0.5) is 0 Å². The van der Waals surface area contributed by atoms with E-state index in [2.05, 4.69) is 36.3 Å². The first-order valence-electron chi connectivity index (χ1n) is 6.52. The topological polar surface area (TPSA) is 34.2 Å². The molecule has 0 fully saturated rings. The van der Waals surface area contributed by atoms with Crippen LogP contribution in [0.1, 0.15) is 30.3 Å². The van der Waals surface area contributed by atoms with Crippen LogP contribution < -0.4 is 5.32 Å². The molecule has 0 aliphatic carbocycles. The summed E-state index contributed by atoms with van der Waals surface area (Å²) in [4.78, 5) is 5.82. The Morgan fingerprint density at radius 2 is 2.16 bits per heavy atom. The third-order valence-corrected chi connectivity index (χ3v) is 4.22. The van der Waals surface area contributed by atoms with Crippen LogP contribution in [0, 0.1) is 0 Å². The molecule has 0 amide bonds. The highest BCUT2D eigenvalue weighted by atomic mass is 32.1. The molecule has 0 saturated heterocycles. The average molecular weight is 276 g/mol. The lowest BCUT2D eigenvalue weighted by molar-refractivity contribution is 0.185. The summed E-state index contributed by atoms with van der Waals surface area (Å²) in [5.74, 6) is 0. The standard InChI is InChI=1S/C15H20N2OS/c1-4-16-11(2)14-9-17-15(19-14)13-8-6-5-7-12(13)10-18-3/h5-9,11,16H,4,10H2,1-3H3. The van der Waals surface area contributed by atoms with Crippen LogP contribution in [0.2, 0.25) is 0 Å². The molecule has 0 radical (unpaired) electrons. The summed E-state index contributed by atoms with van der Waals surface area (Å²) in [6.45, 7) is 5.87. The normalized spacial score (nSPS) is 12.6. The highest BCUT2D eigenvalue weighted by molar-refractivity contribution is 7.15. The Bertz CT molecular complexity index is 524. The molecule has 1 atom stereocenters. The van der Waals surface area contributed by atoms with Crippen molar-refractivity contribution in [1.29, 1.82) is 0 Å². The minimum Gasteiger partial charge on any atom is -0.380 e. The van der Waals surface area contributed by atoms with Crippen LogP contribution in [0.25, 0.3) is 10.6 Å². The van der Waals surface area contributed by atoms with Gasteiger partial charge in [0, 0.05) is 29.8 Å². The molecule has 0 bridgehead atoms. The van der Waals surface area contributed by atoms with Gasteiger partial charge in [0.05, 0.1) is 6.61 Å². The molecular weight excluding hydrogens is 256 g/mol. The molecule has 1 unspecified atom stereocenters. The first-order valence-corrected chi connectivity index (χ1v) is 7.34. The van der Waals surface area contributed by atoms with Crippen LogP contribution in [-0.2, 0) is 11.3 Å². The summed E-state index contributed by atoms with van der Waals surface area (Å²) in [5.41, 5.74) is 2.35. The molecule has 4 heteroatoms. The molecule has 1 aromatic carbocycles. The summed E-state index contributed by atoms with van der Waals surface area (Å²) >= 11 is 1.74. The van der Waals surface area contributed by atoms with Crippen molar-refractivity contribution in [2.75, 3.05) is 13.7 Å². The van der Waals surface area contributed by atoms with Crippen molar-refractivity contribution in [2.45, 2.75) is 26.5 Å². The van der Waals surface area contributed by atoms with Gasteiger partial charge in [-0.05, 0) is 19.0 Å². The molecule has 2 aromatic rings. The second kappa shape index (κ2) is 6.80. The highest BCUT2D eigenvalue weighted by Crippen LogP contribution is 2.31. The number of benzene rings is 1. The highest BCUT2D eigenvalue weighted by Gasteiger charge is 2.12. The Morgan fingerprint density at radius 1 is 1.37 bits per heavy atom. The van der Waals surface area contributed by atoms with E-state index < -0.39 is 0 Å². The van der Waals surface area contributed by atoms with Crippen molar-refractivity contribution < 1.29 is 4.74 Å². The molecular formula is C15H20N2OS. The summed E-state index contributed by atoms with van der Waals surface area (Å²) in [6, 6.07) is 8.63. The maximum atomic E-state index is 5.25. The van der Waals surface area contributed by atoms with Crippen molar-refractivity contribution in [2.24, 2.45) is 0 Å². The van der Waals surface area contributed by atoms with E-state index in [0.717, 1.165) is 11.6 Å². The molecule has 3 nitrogen and oxygen atoms in total. The Kier molecular flexibility index (Phi) is 5.07. The van der Waals surface area contributed by atoms with Crippen LogP contribution >= 0.6 is 11.3 Å². The summed E-state index contributed by atoms with van der Waals surface area (Å²) in [5, 5.41) is 4.47. The number of nitrogens with zero attached hydrogens (tertiary/aromatic N) is 1. The van der Waals surface area contributed by atoms with E-state index >= 15 is 0 Å². The van der Waals surface area contributed by atoms with E-state index in [1.807, 2.05) is 18.3 Å². The maximum Gasteiger partial charge on any atom is 0.123 e. The number of thiazole rings is 1. The maximum absolute atomic E-state index is 5.25. The molecule has 0 aliphatic heterocycles. The zero-order chi connectivity index (χ0) is 13.7. The van der Waals surface area contributed by atoms with E-state index in [9.17, 15) is 0 Å². The van der Waals surface area contributed by atoms with Gasteiger partial charge < -0.3 is 10.1 Å². The largest absolute Gasteiger partial charge is 0.380 e. The van der Waals surface area contributed by atoms with E-state index in [-0.39, 0.29) is 0 Å². The average Bonchev–Trinajstić information content (AvgIpc) is 2.90. The van der Waals surface area contributed by atoms with Crippen LogP contribution in [0.15, 0.2) is 30.5 Å². The van der Waals surface area contributed by atoms with E-state index in [1.54, 1.807) is 18.4 Å². The molecule has 1 N–H and O–H groups in total. The summed E-state index contributed by atoms with van der Waals surface area (Å²) in [6.07, 6.45) is 1.97. The zero-order valence-electron chi connectivity index (χ0n) is 11.6. The second-order valence-electron chi connectivity index (χ2n) is 4.44. The quantitative estimate of drug-likeness (QED) is 0.875. The van der Waals surface area contributed by atoms with Crippen molar-refractivity contribution >= 4 is 11.3 Å². The third kappa shape index (κ3) is 3.41. The van der Waals surface area contributed by atoms with E-state index in [0.29, 0.717) is 12.6 Å². The Hall–Kier alpha value is -1.23. The van der Waals surface area contributed by atoms with Crippen LogP contribution in [-0.4, -0.2) is 18.6 Å². The van der Waals surface area contributed by atoms with Gasteiger partial charge in [-0.1, -0.05) is 31.2 Å². The lowest BCUT2D eigenvalue weighted by Crippen LogP contribution is -2.16. The van der Waals surface area contributed by atoms with Gasteiger partial charge in [-0.15, -0.1) is 11.3 Å². The van der Waals surface area contributed by atoms with Crippen molar-refractivity contribution in [1.82, 2.24) is 10.3 Å². The van der Waals surface area contributed by atoms with Crippen LogP contribution in [0.3, 0.4) is 0 Å². The Labute approximate surface area is 118 Å². The van der Waals surface area contributed by atoms with Gasteiger partial charge in [0.1, 0.15) is 5.01 Å². The molecule has 0 aliphatic rings. The fourth-order valence-corrected chi connectivity index (χ4v) is 3.03. The van der Waals surface area contributed by atoms with Gasteiger partial charge >= 0.3 is 0 Å². The predicted molar refractivity (Wildman–Crippen MR) is 80.4 cm³/mol. The molecule has 1 heterocycles. The number of ether oxygens (including phenoxy) is 1. The minimum atomic E-state index is 0.353. The van der Waals surface area contributed by atoms with Gasteiger partial charge in [-0.25, -0.2) is 4.98 Å². The Balaban J connectivity index is 2.27. The molecule has 0 spiro atoms. The van der Waals surface area contributed by atoms with Crippen molar-refractivity contribution in [3.05, 3.63) is 40.9 Å². The number of nitrogens with one attached hydrogen (secondary N) is 1. The minimum absolute atomic E-state index is 0.353. The van der Waals surface area contributed by atoms with Gasteiger partial charge in [0.15, 0.2) is 0 Å². The number of rotatable bonds is 6. The zero-order valence-corrected chi connectivity index (χ0v) is 12.5. The van der Waals surface area contributed by atoms with E-state index in [1.165, 1.54) is 16.0 Å². The number of methoxy groups -OCH3 is 1. The third-order valence-electron chi connectivity index (χ3n) is 3.01. The van der Waals surface area contributed by atoms with Gasteiger partial charge in [-0.2, -0.15) is 0 Å². The van der Waals surface area contributed by atoms with Crippen molar-refractivity contribution in [3.63, 3.8) is 0 Å². The molecule has 102 valence electrons. The molecule has 19 heavy (non-hydrogen) atoms. The summed E-state index contributed by atoms with van der Waals surface area (Å²) < 4.78 is 5.25. The van der Waals surface area contributed by atoms with Crippen LogP contribution in [0.5, 0.6) is 0 Å². The number of hydrogen-bond acceptors (Lipinski definition) is 4. The lowest BCUT2D eigenvalue weighted by atomic mass is 10.1.